The van der Waals surface area contributed by atoms with Crippen molar-refractivity contribution in [3.05, 3.63) is 26.3 Å². The Hall–Kier alpha value is -0.960. The number of likely N-dealkylation sites (N-methyl/N-ethyl adjacent to an activating group) is 1. The smallest absolute Gasteiger partial charge is 0.244 e. The average Bonchev–Trinajstić information content (AvgIpc) is 2.63. The summed E-state index contributed by atoms with van der Waals surface area (Å²) in [5, 5.41) is 0. The molecule has 7 heteroatoms. The summed E-state index contributed by atoms with van der Waals surface area (Å²) in [4.78, 5) is 16.5. The fourth-order valence-electron chi connectivity index (χ4n) is 1.99. The number of hydrogen-bond donors (Lipinski definition) is 1. The zero-order valence-electron chi connectivity index (χ0n) is 10.7. The van der Waals surface area contributed by atoms with Crippen molar-refractivity contribution in [3.63, 3.8) is 0 Å². The minimum Gasteiger partial charge on any atom is -0.347 e. The highest BCUT2D eigenvalue weighted by atomic mass is 127. The molecule has 0 saturated heterocycles. The number of nitrogens with one attached hydrogen (secondary N) is 1. The molecule has 102 valence electrons. The van der Waals surface area contributed by atoms with Crippen molar-refractivity contribution in [1.82, 2.24) is 14.5 Å². The van der Waals surface area contributed by atoms with Gasteiger partial charge >= 0.3 is 0 Å². The summed E-state index contributed by atoms with van der Waals surface area (Å²) < 4.78 is 16.3. The fourth-order valence-corrected chi connectivity index (χ4v) is 2.82. The lowest BCUT2D eigenvalue weighted by Crippen LogP contribution is -2.30. The number of fused-ring (bicyclic) bond motifs is 1. The topological polar surface area (TPSA) is 41.0 Å². The number of carbonyl (C=O) groups excluding carboxylic acids is 1. The first kappa shape index (κ1) is 14.4. The first-order chi connectivity index (χ1) is 8.82. The van der Waals surface area contributed by atoms with Crippen molar-refractivity contribution in [3.8, 4) is 0 Å². The van der Waals surface area contributed by atoms with Crippen LogP contribution >= 0.6 is 34.8 Å². The van der Waals surface area contributed by atoms with E-state index >= 15 is 0 Å². The van der Waals surface area contributed by atoms with Gasteiger partial charge < -0.3 is 14.5 Å². The quantitative estimate of drug-likeness (QED) is 0.630. The first-order valence-corrected chi connectivity index (χ1v) is 7.12. The summed E-state index contributed by atoms with van der Waals surface area (Å²) in [7, 11) is 3.36. The number of benzene rings is 1. The Balaban J connectivity index is 2.67. The Bertz CT molecular complexity index is 707. The minimum absolute atomic E-state index is 0.0871. The molecule has 4 nitrogen and oxygen atoms in total. The molecule has 0 bridgehead atoms. The van der Waals surface area contributed by atoms with Gasteiger partial charge in [-0.3, -0.25) is 4.79 Å². The van der Waals surface area contributed by atoms with Gasteiger partial charge in [0, 0.05) is 20.2 Å². The Morgan fingerprint density at radius 3 is 2.74 bits per heavy atom. The number of halogens is 2. The van der Waals surface area contributed by atoms with Gasteiger partial charge in [-0.05, 0) is 47.8 Å². The maximum Gasteiger partial charge on any atom is 0.244 e. The Morgan fingerprint density at radius 2 is 2.16 bits per heavy atom. The number of H-pyrrole nitrogens is 1. The van der Waals surface area contributed by atoms with Gasteiger partial charge in [0.15, 0.2) is 4.77 Å². The van der Waals surface area contributed by atoms with Crippen molar-refractivity contribution in [2.75, 3.05) is 14.1 Å². The lowest BCUT2D eigenvalue weighted by molar-refractivity contribution is -0.131. The van der Waals surface area contributed by atoms with E-state index in [1.807, 2.05) is 22.6 Å². The molecular formula is C12H13FIN3OS. The molecule has 0 aliphatic carbocycles. The van der Waals surface area contributed by atoms with Crippen molar-refractivity contribution in [2.24, 2.45) is 0 Å². The lowest BCUT2D eigenvalue weighted by atomic mass is 10.2. The Morgan fingerprint density at radius 1 is 1.53 bits per heavy atom. The predicted molar refractivity (Wildman–Crippen MR) is 83.2 cm³/mol. The molecule has 0 radical (unpaired) electrons. The fraction of sp³-hybridized carbons (Fsp3) is 0.333. The third-order valence-electron chi connectivity index (χ3n) is 2.94. The van der Waals surface area contributed by atoms with Gasteiger partial charge in [-0.25, -0.2) is 4.39 Å². The monoisotopic (exact) mass is 393 g/mol. The van der Waals surface area contributed by atoms with Crippen LogP contribution in [-0.2, 0) is 4.79 Å². The van der Waals surface area contributed by atoms with Crippen LogP contribution in [0.25, 0.3) is 11.0 Å². The van der Waals surface area contributed by atoms with E-state index in [9.17, 15) is 9.18 Å². The molecule has 1 heterocycles. The van der Waals surface area contributed by atoms with Crippen LogP contribution in [0.3, 0.4) is 0 Å². The molecule has 0 fully saturated rings. The summed E-state index contributed by atoms with van der Waals surface area (Å²) in [6.07, 6.45) is 0. The van der Waals surface area contributed by atoms with E-state index in [-0.39, 0.29) is 11.7 Å². The normalized spacial score (nSPS) is 12.7. The second kappa shape index (κ2) is 5.20. The maximum absolute atomic E-state index is 13.7. The SMILES string of the molecule is CC(C(=O)N(C)C)n1c(=S)[nH]c2cc(I)c(F)cc21. The molecule has 1 N–H and O–H groups in total. The number of hydrogen-bond acceptors (Lipinski definition) is 2. The van der Waals surface area contributed by atoms with Gasteiger partial charge in [-0.1, -0.05) is 0 Å². The third-order valence-corrected chi connectivity index (χ3v) is 4.07. The molecule has 0 saturated carbocycles. The number of aromatic nitrogens is 2. The van der Waals surface area contributed by atoms with Crippen LogP contribution < -0.4 is 0 Å². The van der Waals surface area contributed by atoms with Crippen LogP contribution in [-0.4, -0.2) is 34.5 Å². The van der Waals surface area contributed by atoms with Crippen LogP contribution in [0.15, 0.2) is 12.1 Å². The van der Waals surface area contributed by atoms with Gasteiger partial charge in [0.05, 0.1) is 14.6 Å². The third kappa shape index (κ3) is 2.53. The summed E-state index contributed by atoms with van der Waals surface area (Å²) >= 11 is 7.15. The largest absolute Gasteiger partial charge is 0.347 e. The van der Waals surface area contributed by atoms with Gasteiger partial charge in [0.25, 0.3) is 0 Å². The van der Waals surface area contributed by atoms with Crippen molar-refractivity contribution < 1.29 is 9.18 Å². The minimum atomic E-state index is -0.476. The summed E-state index contributed by atoms with van der Waals surface area (Å²) in [6, 6.07) is 2.61. The zero-order valence-corrected chi connectivity index (χ0v) is 13.7. The molecule has 1 aromatic heterocycles. The van der Waals surface area contributed by atoms with Gasteiger partial charge in [-0.15, -0.1) is 0 Å². The van der Waals surface area contributed by atoms with Crippen molar-refractivity contribution in [1.29, 1.82) is 0 Å². The van der Waals surface area contributed by atoms with E-state index in [1.54, 1.807) is 31.7 Å². The van der Waals surface area contributed by atoms with E-state index in [0.29, 0.717) is 13.9 Å². The number of nitrogens with zero attached hydrogens (tertiary/aromatic N) is 2. The first-order valence-electron chi connectivity index (χ1n) is 5.63. The lowest BCUT2D eigenvalue weighted by Gasteiger charge is -2.18. The molecule has 0 aliphatic rings. The highest BCUT2D eigenvalue weighted by Gasteiger charge is 2.20. The van der Waals surface area contributed by atoms with Crippen LogP contribution in [0, 0.1) is 14.2 Å². The number of aromatic amines is 1. The van der Waals surface area contributed by atoms with Crippen LogP contribution in [0.4, 0.5) is 4.39 Å². The molecule has 19 heavy (non-hydrogen) atoms. The molecule has 1 amide bonds. The molecule has 2 rings (SSSR count). The highest BCUT2D eigenvalue weighted by Crippen LogP contribution is 2.24. The molecule has 2 aromatic rings. The molecule has 0 spiro atoms. The van der Waals surface area contributed by atoms with E-state index in [1.165, 1.54) is 11.0 Å². The maximum atomic E-state index is 13.7. The molecule has 1 unspecified atom stereocenters. The Labute approximate surface area is 128 Å². The van der Waals surface area contributed by atoms with Crippen LogP contribution in [0.2, 0.25) is 0 Å². The van der Waals surface area contributed by atoms with E-state index in [2.05, 4.69) is 4.98 Å². The Kier molecular flexibility index (Phi) is 3.95. The van der Waals surface area contributed by atoms with Gasteiger partial charge in [0.2, 0.25) is 5.91 Å². The van der Waals surface area contributed by atoms with Gasteiger partial charge in [0.1, 0.15) is 11.9 Å². The van der Waals surface area contributed by atoms with E-state index in [0.717, 1.165) is 5.52 Å². The molecule has 0 aliphatic heterocycles. The second-order valence-corrected chi connectivity index (χ2v) is 6.04. The zero-order chi connectivity index (χ0) is 14.3. The molecular weight excluding hydrogens is 380 g/mol. The summed E-state index contributed by atoms with van der Waals surface area (Å²) in [5.41, 5.74) is 1.33. The number of amides is 1. The van der Waals surface area contributed by atoms with Crippen LogP contribution in [0.5, 0.6) is 0 Å². The number of carbonyl (C=O) groups is 1. The van der Waals surface area contributed by atoms with Crippen molar-refractivity contribution in [2.45, 2.75) is 13.0 Å². The van der Waals surface area contributed by atoms with E-state index in [4.69, 9.17) is 12.2 Å². The average molecular weight is 393 g/mol. The molecule has 1 aromatic carbocycles. The predicted octanol–water partition coefficient (Wildman–Crippen LogP) is 3.09. The number of rotatable bonds is 2. The highest BCUT2D eigenvalue weighted by molar-refractivity contribution is 14.1. The number of imidazole rings is 1. The summed E-state index contributed by atoms with van der Waals surface area (Å²) in [6.45, 7) is 1.75. The van der Waals surface area contributed by atoms with Crippen molar-refractivity contribution >= 4 is 51.7 Å². The van der Waals surface area contributed by atoms with Crippen LogP contribution in [0.1, 0.15) is 13.0 Å². The summed E-state index contributed by atoms with van der Waals surface area (Å²) in [5.74, 6) is -0.406. The standard InChI is InChI=1S/C12H13FIN3OS/c1-6(11(18)16(2)3)17-10-4-7(13)8(14)5-9(10)15-12(17)19/h4-6H,1-3H3,(H,15,19). The van der Waals surface area contributed by atoms with E-state index < -0.39 is 6.04 Å². The second-order valence-electron chi connectivity index (χ2n) is 4.49. The molecule has 1 atom stereocenters. The van der Waals surface area contributed by atoms with Gasteiger partial charge in [-0.2, -0.15) is 0 Å².